The summed E-state index contributed by atoms with van der Waals surface area (Å²) in [6.45, 7) is 9.26. The fourth-order valence-electron chi connectivity index (χ4n) is 2.41. The number of benzene rings is 1. The number of aromatic nitrogens is 3. The van der Waals surface area contributed by atoms with Crippen molar-refractivity contribution >= 4 is 18.4 Å². The Morgan fingerprint density at radius 2 is 2.08 bits per heavy atom. The van der Waals surface area contributed by atoms with Gasteiger partial charge in [-0.1, -0.05) is 39.8 Å². The van der Waals surface area contributed by atoms with Crippen LogP contribution in [0.25, 0.3) is 0 Å². The van der Waals surface area contributed by atoms with Crippen molar-refractivity contribution in [1.29, 1.82) is 0 Å². The highest BCUT2D eigenvalue weighted by atomic mass is 32.1. The first-order chi connectivity index (χ1) is 11.5. The zero-order valence-corrected chi connectivity index (χ0v) is 15.6. The van der Waals surface area contributed by atoms with E-state index in [4.69, 9.17) is 17.0 Å². The summed E-state index contributed by atoms with van der Waals surface area (Å²) in [7, 11) is 0. The van der Waals surface area contributed by atoms with Gasteiger partial charge in [0.2, 0.25) is 4.77 Å². The smallest absolute Gasteiger partial charge is 0.216 e. The molecular formula is C18H26N4OS. The molecule has 0 aliphatic rings. The van der Waals surface area contributed by atoms with Crippen LogP contribution in [0, 0.1) is 10.7 Å². The maximum absolute atomic E-state index is 5.76. The molecule has 0 saturated carbocycles. The lowest BCUT2D eigenvalue weighted by molar-refractivity contribution is 0.271. The Balaban J connectivity index is 2.21. The maximum atomic E-state index is 5.76. The van der Waals surface area contributed by atoms with Crippen LogP contribution in [-0.2, 0) is 0 Å². The third-order valence-electron chi connectivity index (χ3n) is 3.79. The van der Waals surface area contributed by atoms with Crippen LogP contribution in [0.1, 0.15) is 57.8 Å². The molecule has 130 valence electrons. The van der Waals surface area contributed by atoms with Gasteiger partial charge in [-0.25, -0.2) is 0 Å². The average Bonchev–Trinajstić information content (AvgIpc) is 2.93. The van der Waals surface area contributed by atoms with Crippen LogP contribution in [0.15, 0.2) is 29.4 Å². The second-order valence-corrected chi connectivity index (χ2v) is 6.62. The second-order valence-electron chi connectivity index (χ2n) is 6.23. The van der Waals surface area contributed by atoms with Crippen molar-refractivity contribution < 1.29 is 4.74 Å². The fraction of sp³-hybridized carbons (Fsp3) is 0.500. The van der Waals surface area contributed by atoms with Gasteiger partial charge in [0.05, 0.1) is 12.8 Å². The molecule has 0 aliphatic heterocycles. The SMILES string of the molecule is CCC(CC)c1n[nH]c(=S)n1/N=C\c1cccc(OCC(C)C)c1. The van der Waals surface area contributed by atoms with Crippen molar-refractivity contribution in [3.63, 3.8) is 0 Å². The Bertz CT molecular complexity index is 729. The molecule has 6 heteroatoms. The molecule has 0 saturated heterocycles. The fourth-order valence-corrected chi connectivity index (χ4v) is 2.59. The van der Waals surface area contributed by atoms with Crippen molar-refractivity contribution in [3.05, 3.63) is 40.4 Å². The van der Waals surface area contributed by atoms with E-state index in [9.17, 15) is 0 Å². The lowest BCUT2D eigenvalue weighted by atomic mass is 10.0. The lowest BCUT2D eigenvalue weighted by Crippen LogP contribution is -2.06. The van der Waals surface area contributed by atoms with Gasteiger partial charge in [-0.05, 0) is 48.7 Å². The first-order valence-corrected chi connectivity index (χ1v) is 8.90. The number of nitrogens with zero attached hydrogens (tertiary/aromatic N) is 3. The lowest BCUT2D eigenvalue weighted by Gasteiger charge is -2.10. The largest absolute Gasteiger partial charge is 0.493 e. The Kier molecular flexibility index (Phi) is 6.73. The van der Waals surface area contributed by atoms with E-state index in [2.05, 4.69) is 43.0 Å². The third kappa shape index (κ3) is 4.77. The van der Waals surface area contributed by atoms with Crippen molar-refractivity contribution in [2.75, 3.05) is 6.61 Å². The molecule has 0 unspecified atom stereocenters. The van der Waals surface area contributed by atoms with Crippen molar-refractivity contribution in [3.8, 4) is 5.75 Å². The van der Waals surface area contributed by atoms with E-state index in [1.54, 1.807) is 10.9 Å². The third-order valence-corrected chi connectivity index (χ3v) is 4.05. The van der Waals surface area contributed by atoms with E-state index in [1.165, 1.54) is 0 Å². The van der Waals surface area contributed by atoms with Gasteiger partial charge in [0.25, 0.3) is 0 Å². The van der Waals surface area contributed by atoms with Crippen LogP contribution in [0.2, 0.25) is 0 Å². The zero-order valence-electron chi connectivity index (χ0n) is 14.8. The molecular weight excluding hydrogens is 320 g/mol. The summed E-state index contributed by atoms with van der Waals surface area (Å²) in [4.78, 5) is 0. The summed E-state index contributed by atoms with van der Waals surface area (Å²) in [5.41, 5.74) is 0.967. The van der Waals surface area contributed by atoms with Crippen LogP contribution in [0.5, 0.6) is 5.75 Å². The van der Waals surface area contributed by atoms with Crippen molar-refractivity contribution in [2.24, 2.45) is 11.0 Å². The van der Waals surface area contributed by atoms with E-state index in [0.29, 0.717) is 23.2 Å². The summed E-state index contributed by atoms with van der Waals surface area (Å²) >= 11 is 5.31. The molecule has 0 bridgehead atoms. The van der Waals surface area contributed by atoms with E-state index in [1.807, 2.05) is 24.3 Å². The summed E-state index contributed by atoms with van der Waals surface area (Å²) in [5, 5.41) is 11.7. The highest BCUT2D eigenvalue weighted by Gasteiger charge is 2.14. The Labute approximate surface area is 148 Å². The van der Waals surface area contributed by atoms with Crippen LogP contribution in [-0.4, -0.2) is 27.7 Å². The molecule has 24 heavy (non-hydrogen) atoms. The molecule has 1 aromatic carbocycles. The first-order valence-electron chi connectivity index (χ1n) is 8.49. The zero-order chi connectivity index (χ0) is 17.5. The molecule has 2 aromatic rings. The molecule has 0 spiro atoms. The van der Waals surface area contributed by atoms with Crippen LogP contribution >= 0.6 is 12.2 Å². The monoisotopic (exact) mass is 346 g/mol. The van der Waals surface area contributed by atoms with E-state index in [0.717, 1.165) is 30.0 Å². The van der Waals surface area contributed by atoms with Crippen LogP contribution < -0.4 is 4.74 Å². The molecule has 0 fully saturated rings. The van der Waals surface area contributed by atoms with Gasteiger partial charge in [-0.2, -0.15) is 14.9 Å². The molecule has 5 nitrogen and oxygen atoms in total. The normalized spacial score (nSPS) is 11.8. The van der Waals surface area contributed by atoms with E-state index in [-0.39, 0.29) is 0 Å². The van der Waals surface area contributed by atoms with E-state index >= 15 is 0 Å². The van der Waals surface area contributed by atoms with Gasteiger partial charge in [-0.3, -0.25) is 5.10 Å². The number of hydrogen-bond acceptors (Lipinski definition) is 4. The van der Waals surface area contributed by atoms with Crippen molar-refractivity contribution in [2.45, 2.75) is 46.5 Å². The molecule has 0 radical (unpaired) electrons. The standard InChI is InChI=1S/C18H26N4OS/c1-5-15(6-2)17-20-21-18(24)22(17)19-11-14-8-7-9-16(10-14)23-12-13(3)4/h7-11,13,15H,5-6,12H2,1-4H3,(H,21,24)/b19-11-. The Morgan fingerprint density at radius 3 is 2.75 bits per heavy atom. The minimum Gasteiger partial charge on any atom is -0.493 e. The summed E-state index contributed by atoms with van der Waals surface area (Å²) < 4.78 is 7.99. The van der Waals surface area contributed by atoms with Crippen LogP contribution in [0.4, 0.5) is 0 Å². The molecule has 1 aromatic heterocycles. The van der Waals surface area contributed by atoms with Gasteiger partial charge in [-0.15, -0.1) is 0 Å². The number of H-pyrrole nitrogens is 1. The average molecular weight is 347 g/mol. The molecule has 1 N–H and O–H groups in total. The van der Waals surface area contributed by atoms with Gasteiger partial charge >= 0.3 is 0 Å². The Hall–Kier alpha value is -1.95. The summed E-state index contributed by atoms with van der Waals surface area (Å²) in [6.07, 6.45) is 3.80. The van der Waals surface area contributed by atoms with E-state index < -0.39 is 0 Å². The summed E-state index contributed by atoms with van der Waals surface area (Å²) in [6, 6.07) is 7.89. The second kappa shape index (κ2) is 8.78. The van der Waals surface area contributed by atoms with Gasteiger partial charge in [0.1, 0.15) is 5.75 Å². The molecule has 1 heterocycles. The molecule has 0 aliphatic carbocycles. The highest BCUT2D eigenvalue weighted by Crippen LogP contribution is 2.21. The molecule has 2 rings (SSSR count). The minimum atomic E-state index is 0.343. The first kappa shape index (κ1) is 18.4. The topological polar surface area (TPSA) is 55.2 Å². The van der Waals surface area contributed by atoms with Crippen LogP contribution in [0.3, 0.4) is 0 Å². The maximum Gasteiger partial charge on any atom is 0.216 e. The predicted molar refractivity (Wildman–Crippen MR) is 101 cm³/mol. The quantitative estimate of drug-likeness (QED) is 0.554. The van der Waals surface area contributed by atoms with Gasteiger partial charge < -0.3 is 4.74 Å². The number of nitrogens with one attached hydrogen (secondary N) is 1. The van der Waals surface area contributed by atoms with Gasteiger partial charge in [0, 0.05) is 5.92 Å². The summed E-state index contributed by atoms with van der Waals surface area (Å²) in [5.74, 6) is 2.57. The number of rotatable bonds is 8. The predicted octanol–water partition coefficient (Wildman–Crippen LogP) is 4.76. The highest BCUT2D eigenvalue weighted by molar-refractivity contribution is 7.71. The number of aromatic amines is 1. The minimum absolute atomic E-state index is 0.343. The number of hydrogen-bond donors (Lipinski definition) is 1. The van der Waals surface area contributed by atoms with Gasteiger partial charge in [0.15, 0.2) is 5.82 Å². The van der Waals surface area contributed by atoms with Crippen molar-refractivity contribution in [1.82, 2.24) is 14.9 Å². The molecule has 0 amide bonds. The number of ether oxygens (including phenoxy) is 1. The Morgan fingerprint density at radius 1 is 1.33 bits per heavy atom. The molecule has 0 atom stereocenters.